The minimum absolute atomic E-state index is 0.514. The number of rotatable bonds is 5. The topological polar surface area (TPSA) is 21.3 Å². The molecule has 0 bridgehead atoms. The van der Waals surface area contributed by atoms with Crippen LogP contribution in [0.15, 0.2) is 18.2 Å². The number of ether oxygens (including phenoxy) is 1. The first-order valence-electron chi connectivity index (χ1n) is 6.21. The predicted octanol–water partition coefficient (Wildman–Crippen LogP) is 2.69. The van der Waals surface area contributed by atoms with Crippen LogP contribution in [-0.2, 0) is 6.42 Å². The van der Waals surface area contributed by atoms with Gasteiger partial charge in [-0.2, -0.15) is 0 Å². The summed E-state index contributed by atoms with van der Waals surface area (Å²) >= 11 is 0. The van der Waals surface area contributed by atoms with E-state index in [4.69, 9.17) is 11.2 Å². The summed E-state index contributed by atoms with van der Waals surface area (Å²) in [4.78, 5) is 0. The van der Waals surface area contributed by atoms with Crippen LogP contribution in [-0.4, -0.2) is 13.7 Å². The molecule has 0 heterocycles. The first-order valence-corrected chi connectivity index (χ1v) is 6.21. The molecular formula is C15H19NO. The van der Waals surface area contributed by atoms with Crippen molar-refractivity contribution >= 4 is 0 Å². The SMILES string of the molecule is C#CCCCOc1ccc2c(c1)CCC2NC. The molecule has 1 aliphatic carbocycles. The Morgan fingerprint density at radius 2 is 2.41 bits per heavy atom. The lowest BCUT2D eigenvalue weighted by molar-refractivity contribution is 0.312. The lowest BCUT2D eigenvalue weighted by Crippen LogP contribution is -2.12. The van der Waals surface area contributed by atoms with Gasteiger partial charge in [0, 0.05) is 12.5 Å². The van der Waals surface area contributed by atoms with Gasteiger partial charge in [-0.05, 0) is 49.6 Å². The molecule has 0 saturated carbocycles. The second-order valence-corrected chi connectivity index (χ2v) is 4.40. The quantitative estimate of drug-likeness (QED) is 0.619. The number of fused-ring (bicyclic) bond motifs is 1. The molecule has 1 unspecified atom stereocenters. The van der Waals surface area contributed by atoms with E-state index >= 15 is 0 Å². The molecule has 0 spiro atoms. The number of nitrogens with one attached hydrogen (secondary N) is 1. The fourth-order valence-electron chi connectivity index (χ4n) is 2.35. The Labute approximate surface area is 103 Å². The maximum atomic E-state index is 5.69. The summed E-state index contributed by atoms with van der Waals surface area (Å²) in [6.45, 7) is 0.707. The molecule has 2 nitrogen and oxygen atoms in total. The van der Waals surface area contributed by atoms with Gasteiger partial charge in [0.05, 0.1) is 6.61 Å². The molecule has 0 aliphatic heterocycles. The number of benzene rings is 1. The summed E-state index contributed by atoms with van der Waals surface area (Å²) in [5, 5.41) is 3.34. The third-order valence-corrected chi connectivity index (χ3v) is 3.27. The normalized spacial score (nSPS) is 17.5. The molecule has 2 rings (SSSR count). The van der Waals surface area contributed by atoms with Crippen LogP contribution < -0.4 is 10.1 Å². The molecule has 0 amide bonds. The van der Waals surface area contributed by atoms with Gasteiger partial charge in [-0.25, -0.2) is 0 Å². The van der Waals surface area contributed by atoms with Crippen molar-refractivity contribution in [3.63, 3.8) is 0 Å². The third-order valence-electron chi connectivity index (χ3n) is 3.27. The molecule has 0 radical (unpaired) electrons. The molecule has 90 valence electrons. The second-order valence-electron chi connectivity index (χ2n) is 4.40. The Kier molecular flexibility index (Phi) is 4.06. The highest BCUT2D eigenvalue weighted by atomic mass is 16.5. The maximum Gasteiger partial charge on any atom is 0.119 e. The van der Waals surface area contributed by atoms with Gasteiger partial charge in [-0.3, -0.25) is 0 Å². The van der Waals surface area contributed by atoms with Crippen LogP contribution in [0.25, 0.3) is 0 Å². The summed E-state index contributed by atoms with van der Waals surface area (Å²) in [6, 6.07) is 6.92. The van der Waals surface area contributed by atoms with Crippen LogP contribution in [0.5, 0.6) is 5.75 Å². The van der Waals surface area contributed by atoms with Crippen molar-refractivity contribution < 1.29 is 4.74 Å². The average molecular weight is 229 g/mol. The molecule has 1 aliphatic rings. The third kappa shape index (κ3) is 2.81. The largest absolute Gasteiger partial charge is 0.494 e. The van der Waals surface area contributed by atoms with Crippen LogP contribution in [0, 0.1) is 12.3 Å². The van der Waals surface area contributed by atoms with E-state index in [1.54, 1.807) is 0 Å². The van der Waals surface area contributed by atoms with Crippen LogP contribution in [0.1, 0.15) is 36.4 Å². The van der Waals surface area contributed by atoms with Crippen LogP contribution >= 0.6 is 0 Å². The van der Waals surface area contributed by atoms with Gasteiger partial charge < -0.3 is 10.1 Å². The fraction of sp³-hybridized carbons (Fsp3) is 0.467. The molecule has 17 heavy (non-hydrogen) atoms. The van der Waals surface area contributed by atoms with Crippen molar-refractivity contribution in [2.75, 3.05) is 13.7 Å². The monoisotopic (exact) mass is 229 g/mol. The highest BCUT2D eigenvalue weighted by molar-refractivity contribution is 5.40. The number of unbranched alkanes of at least 4 members (excludes halogenated alkanes) is 1. The van der Waals surface area contributed by atoms with Crippen LogP contribution in [0.3, 0.4) is 0 Å². The fourth-order valence-corrected chi connectivity index (χ4v) is 2.35. The Hall–Kier alpha value is -1.46. The van der Waals surface area contributed by atoms with Gasteiger partial charge in [0.1, 0.15) is 5.75 Å². The Morgan fingerprint density at radius 3 is 3.18 bits per heavy atom. The molecule has 1 N–H and O–H groups in total. The zero-order chi connectivity index (χ0) is 12.1. The average Bonchev–Trinajstić information content (AvgIpc) is 2.77. The molecule has 1 aromatic rings. The van der Waals surface area contributed by atoms with Crippen LogP contribution in [0.4, 0.5) is 0 Å². The summed E-state index contributed by atoms with van der Waals surface area (Å²) in [5.41, 5.74) is 2.84. The first-order chi connectivity index (χ1) is 8.35. The Balaban J connectivity index is 1.96. The second kappa shape index (κ2) is 5.75. The lowest BCUT2D eigenvalue weighted by atomic mass is 10.1. The number of hydrogen-bond donors (Lipinski definition) is 1. The predicted molar refractivity (Wildman–Crippen MR) is 70.1 cm³/mol. The molecule has 0 aromatic heterocycles. The van der Waals surface area contributed by atoms with Gasteiger partial charge in [0.25, 0.3) is 0 Å². The zero-order valence-corrected chi connectivity index (χ0v) is 10.3. The number of terminal acetylenes is 1. The molecule has 0 fully saturated rings. The molecule has 0 saturated heterocycles. The van der Waals surface area contributed by atoms with E-state index in [2.05, 4.69) is 29.4 Å². The van der Waals surface area contributed by atoms with Gasteiger partial charge >= 0.3 is 0 Å². The van der Waals surface area contributed by atoms with E-state index in [1.807, 2.05) is 7.05 Å². The van der Waals surface area contributed by atoms with Crippen molar-refractivity contribution in [2.24, 2.45) is 0 Å². The highest BCUT2D eigenvalue weighted by Gasteiger charge is 2.20. The Morgan fingerprint density at radius 1 is 1.53 bits per heavy atom. The lowest BCUT2D eigenvalue weighted by Gasteiger charge is -2.11. The summed E-state index contributed by atoms with van der Waals surface area (Å²) in [7, 11) is 2.02. The molecule has 1 aromatic carbocycles. The van der Waals surface area contributed by atoms with Crippen molar-refractivity contribution in [2.45, 2.75) is 31.7 Å². The van der Waals surface area contributed by atoms with Crippen molar-refractivity contribution in [3.8, 4) is 18.1 Å². The summed E-state index contributed by atoms with van der Waals surface area (Å²) in [5.74, 6) is 3.59. The van der Waals surface area contributed by atoms with Gasteiger partial charge in [-0.15, -0.1) is 12.3 Å². The standard InChI is InChI=1S/C15H19NO/c1-3-4-5-10-17-13-7-8-14-12(11-13)6-9-15(14)16-2/h1,7-8,11,15-16H,4-6,9-10H2,2H3. The van der Waals surface area contributed by atoms with Crippen molar-refractivity contribution in [1.82, 2.24) is 5.32 Å². The maximum absolute atomic E-state index is 5.69. The highest BCUT2D eigenvalue weighted by Crippen LogP contribution is 2.33. The van der Waals surface area contributed by atoms with Crippen molar-refractivity contribution in [3.05, 3.63) is 29.3 Å². The molecule has 1 atom stereocenters. The summed E-state index contributed by atoms with van der Waals surface area (Å²) < 4.78 is 5.69. The van der Waals surface area contributed by atoms with E-state index in [0.717, 1.165) is 25.0 Å². The minimum Gasteiger partial charge on any atom is -0.494 e. The van der Waals surface area contributed by atoms with E-state index in [1.165, 1.54) is 17.5 Å². The van der Waals surface area contributed by atoms with Crippen LogP contribution in [0.2, 0.25) is 0 Å². The minimum atomic E-state index is 0.514. The van der Waals surface area contributed by atoms with Gasteiger partial charge in [0.15, 0.2) is 0 Å². The zero-order valence-electron chi connectivity index (χ0n) is 10.3. The Bertz CT molecular complexity index is 419. The van der Waals surface area contributed by atoms with E-state index < -0.39 is 0 Å². The summed E-state index contributed by atoms with van der Waals surface area (Å²) in [6.07, 6.45) is 9.24. The first kappa shape index (κ1) is 12.0. The molecular weight excluding hydrogens is 210 g/mol. The smallest absolute Gasteiger partial charge is 0.119 e. The number of aryl methyl sites for hydroxylation is 1. The van der Waals surface area contributed by atoms with E-state index in [0.29, 0.717) is 12.6 Å². The van der Waals surface area contributed by atoms with Gasteiger partial charge in [0.2, 0.25) is 0 Å². The number of hydrogen-bond acceptors (Lipinski definition) is 2. The molecule has 2 heteroatoms. The van der Waals surface area contributed by atoms with Crippen molar-refractivity contribution in [1.29, 1.82) is 0 Å². The van der Waals surface area contributed by atoms with E-state index in [-0.39, 0.29) is 0 Å². The van der Waals surface area contributed by atoms with Gasteiger partial charge in [-0.1, -0.05) is 6.07 Å². The van der Waals surface area contributed by atoms with E-state index in [9.17, 15) is 0 Å².